The van der Waals surface area contributed by atoms with Crippen LogP contribution in [0.4, 0.5) is 11.4 Å². The van der Waals surface area contributed by atoms with E-state index < -0.39 is 27.9 Å². The van der Waals surface area contributed by atoms with Crippen molar-refractivity contribution in [1.29, 1.82) is 0 Å². The highest BCUT2D eigenvalue weighted by Crippen LogP contribution is 2.24. The summed E-state index contributed by atoms with van der Waals surface area (Å²) in [5.74, 6) is -1.11. The molecule has 0 heterocycles. The minimum absolute atomic E-state index is 0.118. The average Bonchev–Trinajstić information content (AvgIpc) is 2.62. The van der Waals surface area contributed by atoms with Crippen molar-refractivity contribution in [2.45, 2.75) is 26.8 Å². The number of halogens is 1. The molecular formula is C20H23ClN2O5S. The van der Waals surface area contributed by atoms with Crippen LogP contribution in [0.5, 0.6) is 0 Å². The highest BCUT2D eigenvalue weighted by atomic mass is 35.5. The topological polar surface area (TPSA) is 92.8 Å². The van der Waals surface area contributed by atoms with Gasteiger partial charge in [-0.15, -0.1) is 0 Å². The van der Waals surface area contributed by atoms with Gasteiger partial charge in [-0.3, -0.25) is 9.10 Å². The molecule has 2 rings (SSSR count). The number of hydrogen-bond donors (Lipinski definition) is 1. The number of benzene rings is 2. The Balaban J connectivity index is 2.25. The maximum Gasteiger partial charge on any atom is 0.339 e. The smallest absolute Gasteiger partial charge is 0.339 e. The van der Waals surface area contributed by atoms with Crippen molar-refractivity contribution in [2.24, 2.45) is 0 Å². The van der Waals surface area contributed by atoms with Crippen LogP contribution in [0.3, 0.4) is 0 Å². The van der Waals surface area contributed by atoms with Gasteiger partial charge in [0.1, 0.15) is 6.04 Å². The van der Waals surface area contributed by atoms with Crippen LogP contribution < -0.4 is 9.62 Å². The van der Waals surface area contributed by atoms with Crippen LogP contribution in [-0.2, 0) is 19.6 Å². The van der Waals surface area contributed by atoms with Crippen molar-refractivity contribution in [3.63, 3.8) is 0 Å². The summed E-state index contributed by atoms with van der Waals surface area (Å²) >= 11 is 6.11. The average molecular weight is 439 g/mol. The van der Waals surface area contributed by atoms with Crippen molar-refractivity contribution in [3.8, 4) is 0 Å². The minimum Gasteiger partial charge on any atom is -0.462 e. The van der Waals surface area contributed by atoms with Gasteiger partial charge in [0.15, 0.2) is 0 Å². The molecule has 0 fully saturated rings. The van der Waals surface area contributed by atoms with Crippen molar-refractivity contribution < 1.29 is 22.7 Å². The number of esters is 1. The van der Waals surface area contributed by atoms with Crippen LogP contribution in [0, 0.1) is 6.92 Å². The quantitative estimate of drug-likeness (QED) is 0.666. The molecular weight excluding hydrogens is 416 g/mol. The maximum atomic E-state index is 12.7. The number of rotatable bonds is 7. The molecule has 0 aromatic heterocycles. The van der Waals surface area contributed by atoms with Crippen molar-refractivity contribution in [3.05, 3.63) is 58.6 Å². The molecule has 2 aromatic carbocycles. The zero-order valence-electron chi connectivity index (χ0n) is 16.6. The number of ether oxygens (including phenoxy) is 1. The third kappa shape index (κ3) is 5.71. The van der Waals surface area contributed by atoms with Gasteiger partial charge in [-0.25, -0.2) is 13.2 Å². The lowest BCUT2D eigenvalue weighted by molar-refractivity contribution is -0.116. The van der Waals surface area contributed by atoms with Gasteiger partial charge in [0.2, 0.25) is 15.9 Å². The van der Waals surface area contributed by atoms with E-state index in [0.29, 0.717) is 11.4 Å². The van der Waals surface area contributed by atoms with Gasteiger partial charge in [-0.05, 0) is 51.1 Å². The molecule has 1 atom stereocenters. The van der Waals surface area contributed by atoms with Crippen LogP contribution in [-0.4, -0.2) is 39.2 Å². The van der Waals surface area contributed by atoms with E-state index in [1.165, 1.54) is 25.1 Å². The van der Waals surface area contributed by atoms with Crippen molar-refractivity contribution >= 4 is 44.9 Å². The first-order valence-corrected chi connectivity index (χ1v) is 11.1. The van der Waals surface area contributed by atoms with Crippen LogP contribution in [0.25, 0.3) is 0 Å². The lowest BCUT2D eigenvalue weighted by Crippen LogP contribution is -2.45. The standard InChI is InChI=1S/C20H23ClN2O5S/c1-5-28-20(25)17-11-8-15(12-18(17)21)22-19(24)14(3)23(29(4,26)27)16-9-6-13(2)7-10-16/h6-12,14H,5H2,1-4H3,(H,22,24). The molecule has 29 heavy (non-hydrogen) atoms. The Morgan fingerprint density at radius 1 is 1.17 bits per heavy atom. The lowest BCUT2D eigenvalue weighted by atomic mass is 10.2. The zero-order valence-corrected chi connectivity index (χ0v) is 18.2. The van der Waals surface area contributed by atoms with Crippen LogP contribution >= 0.6 is 11.6 Å². The van der Waals surface area contributed by atoms with Crippen LogP contribution in [0.15, 0.2) is 42.5 Å². The van der Waals surface area contributed by atoms with E-state index in [1.54, 1.807) is 31.2 Å². The summed E-state index contributed by atoms with van der Waals surface area (Å²) in [6, 6.07) is 10.2. The second-order valence-corrected chi connectivity index (χ2v) is 8.74. The van der Waals surface area contributed by atoms with Gasteiger partial charge in [0, 0.05) is 5.69 Å². The molecule has 0 saturated heterocycles. The molecule has 1 unspecified atom stereocenters. The first-order valence-electron chi connectivity index (χ1n) is 8.88. The molecule has 0 bridgehead atoms. The van der Waals surface area contributed by atoms with Gasteiger partial charge in [-0.1, -0.05) is 29.3 Å². The second-order valence-electron chi connectivity index (χ2n) is 6.47. The van der Waals surface area contributed by atoms with Crippen molar-refractivity contribution in [2.75, 3.05) is 22.5 Å². The fraction of sp³-hybridized carbons (Fsp3) is 0.300. The number of carbonyl (C=O) groups excluding carboxylic acids is 2. The number of anilines is 2. The Bertz CT molecular complexity index is 1010. The maximum absolute atomic E-state index is 12.7. The van der Waals surface area contributed by atoms with Gasteiger partial charge in [0.25, 0.3) is 0 Å². The molecule has 2 aromatic rings. The molecule has 0 aliphatic heterocycles. The van der Waals surface area contributed by atoms with Gasteiger partial charge in [-0.2, -0.15) is 0 Å². The number of carbonyl (C=O) groups is 2. The Hall–Kier alpha value is -2.58. The van der Waals surface area contributed by atoms with Gasteiger partial charge < -0.3 is 10.1 Å². The third-order valence-electron chi connectivity index (χ3n) is 4.11. The summed E-state index contributed by atoms with van der Waals surface area (Å²) in [7, 11) is -3.71. The first kappa shape index (κ1) is 22.7. The summed E-state index contributed by atoms with van der Waals surface area (Å²) in [5.41, 5.74) is 1.86. The van der Waals surface area contributed by atoms with E-state index >= 15 is 0 Å². The predicted octanol–water partition coefficient (Wildman–Crippen LogP) is 3.62. The summed E-state index contributed by atoms with van der Waals surface area (Å²) in [6.45, 7) is 5.27. The van der Waals surface area contributed by atoms with E-state index in [4.69, 9.17) is 16.3 Å². The monoisotopic (exact) mass is 438 g/mol. The van der Waals surface area contributed by atoms with E-state index in [0.717, 1.165) is 16.1 Å². The van der Waals surface area contributed by atoms with Gasteiger partial charge >= 0.3 is 5.97 Å². The van der Waals surface area contributed by atoms with E-state index in [2.05, 4.69) is 5.32 Å². The Morgan fingerprint density at radius 3 is 2.31 bits per heavy atom. The van der Waals surface area contributed by atoms with Crippen LogP contribution in [0.1, 0.15) is 29.8 Å². The fourth-order valence-electron chi connectivity index (χ4n) is 2.71. The normalized spacial score (nSPS) is 12.2. The largest absolute Gasteiger partial charge is 0.462 e. The summed E-state index contributed by atoms with van der Waals surface area (Å²) in [4.78, 5) is 24.5. The first-order chi connectivity index (χ1) is 13.5. The Kier molecular flexibility index (Phi) is 7.26. The molecule has 1 N–H and O–H groups in total. The van der Waals surface area contributed by atoms with E-state index in [-0.39, 0.29) is 17.2 Å². The number of amides is 1. The number of nitrogens with one attached hydrogen (secondary N) is 1. The molecule has 0 saturated carbocycles. The summed E-state index contributed by atoms with van der Waals surface area (Å²) in [5, 5.41) is 2.75. The lowest BCUT2D eigenvalue weighted by Gasteiger charge is -2.28. The van der Waals surface area contributed by atoms with Crippen LogP contribution in [0.2, 0.25) is 5.02 Å². The van der Waals surface area contributed by atoms with E-state index in [1.807, 2.05) is 6.92 Å². The number of nitrogens with zero attached hydrogens (tertiary/aromatic N) is 1. The zero-order chi connectivity index (χ0) is 21.8. The van der Waals surface area contributed by atoms with Gasteiger partial charge in [0.05, 0.1) is 29.1 Å². The fourth-order valence-corrected chi connectivity index (χ4v) is 4.15. The Morgan fingerprint density at radius 2 is 1.79 bits per heavy atom. The molecule has 7 nitrogen and oxygen atoms in total. The number of sulfonamides is 1. The number of aryl methyl sites for hydroxylation is 1. The SMILES string of the molecule is CCOC(=O)c1ccc(NC(=O)C(C)N(c2ccc(C)cc2)S(C)(=O)=O)cc1Cl. The molecule has 0 spiro atoms. The molecule has 156 valence electrons. The van der Waals surface area contributed by atoms with Crippen molar-refractivity contribution in [1.82, 2.24) is 0 Å². The minimum atomic E-state index is -3.71. The predicted molar refractivity (Wildman–Crippen MR) is 114 cm³/mol. The summed E-state index contributed by atoms with van der Waals surface area (Å²) in [6.07, 6.45) is 1.04. The molecule has 1 amide bonds. The number of hydrogen-bond acceptors (Lipinski definition) is 5. The third-order valence-corrected chi connectivity index (χ3v) is 5.66. The van der Waals surface area contributed by atoms with E-state index in [9.17, 15) is 18.0 Å². The highest BCUT2D eigenvalue weighted by molar-refractivity contribution is 7.92. The molecule has 0 aliphatic carbocycles. The molecule has 0 aliphatic rings. The second kappa shape index (κ2) is 9.28. The highest BCUT2D eigenvalue weighted by Gasteiger charge is 2.29. The molecule has 0 radical (unpaired) electrons. The Labute approximate surface area is 175 Å². The summed E-state index contributed by atoms with van der Waals surface area (Å²) < 4.78 is 30.6. The molecule has 9 heteroatoms.